The molecule has 0 amide bonds. The van der Waals surface area contributed by atoms with Crippen LogP contribution in [0, 0.1) is 0 Å². The summed E-state index contributed by atoms with van der Waals surface area (Å²) in [4.78, 5) is 9.78. The van der Waals surface area contributed by atoms with Crippen molar-refractivity contribution in [3.63, 3.8) is 0 Å². The molecule has 25 heavy (non-hydrogen) atoms. The van der Waals surface area contributed by atoms with E-state index >= 15 is 0 Å². The molecule has 5 rings (SSSR count). The maximum Gasteiger partial charge on any atom is 0.126 e. The Labute approximate surface area is 150 Å². The van der Waals surface area contributed by atoms with E-state index in [4.69, 9.17) is 4.74 Å². The van der Waals surface area contributed by atoms with Gasteiger partial charge >= 0.3 is 0 Å². The monoisotopic (exact) mass is 337 g/mol. The van der Waals surface area contributed by atoms with Crippen LogP contribution in [0.5, 0.6) is 5.75 Å². The summed E-state index contributed by atoms with van der Waals surface area (Å²) in [6, 6.07) is 11.1. The first-order valence-electron chi connectivity index (χ1n) is 9.42. The summed E-state index contributed by atoms with van der Waals surface area (Å²) in [5, 5.41) is 0. The highest BCUT2D eigenvalue weighted by molar-refractivity contribution is 5.72. The molecule has 0 radical (unpaired) electrons. The summed E-state index contributed by atoms with van der Waals surface area (Å²) in [6.07, 6.45) is 9.16. The van der Waals surface area contributed by atoms with Crippen LogP contribution in [-0.4, -0.2) is 49.2 Å². The number of para-hydroxylation sites is 1. The van der Waals surface area contributed by atoms with Gasteiger partial charge in [-0.05, 0) is 50.9 Å². The first kappa shape index (κ1) is 16.4. The highest BCUT2D eigenvalue weighted by atomic mass is 16.5. The molecular formula is C21H27N3O. The van der Waals surface area contributed by atoms with Crippen molar-refractivity contribution in [2.24, 2.45) is 0 Å². The van der Waals surface area contributed by atoms with Gasteiger partial charge in [0.25, 0.3) is 0 Å². The van der Waals surface area contributed by atoms with E-state index in [1.165, 1.54) is 44.5 Å². The van der Waals surface area contributed by atoms with E-state index in [1.807, 2.05) is 24.5 Å². The molecule has 0 aliphatic carbocycles. The van der Waals surface area contributed by atoms with E-state index in [9.17, 15) is 0 Å². The van der Waals surface area contributed by atoms with Gasteiger partial charge in [-0.15, -0.1) is 0 Å². The van der Waals surface area contributed by atoms with Crippen molar-refractivity contribution in [3.05, 3.63) is 42.7 Å². The van der Waals surface area contributed by atoms with Crippen LogP contribution >= 0.6 is 0 Å². The largest absolute Gasteiger partial charge is 0.496 e. The average molecular weight is 337 g/mol. The maximum atomic E-state index is 5.54. The molecule has 0 saturated carbocycles. The molecule has 3 fully saturated rings. The van der Waals surface area contributed by atoms with Crippen LogP contribution in [0.2, 0.25) is 0 Å². The smallest absolute Gasteiger partial charge is 0.126 e. The van der Waals surface area contributed by atoms with Gasteiger partial charge in [-0.25, -0.2) is 0 Å². The first-order valence-corrected chi connectivity index (χ1v) is 9.42. The number of anilines is 1. The molecule has 0 unspecified atom stereocenters. The Morgan fingerprint density at radius 2 is 1.80 bits per heavy atom. The third-order valence-corrected chi connectivity index (χ3v) is 5.59. The molecule has 3 aliphatic rings. The number of aromatic nitrogens is 1. The Balaban J connectivity index is 1.66. The molecule has 3 aliphatic heterocycles. The SMILES string of the molecule is COc1ccccc1-c1cncc(N2CCN3CCCC2CCC3)c1. The molecule has 3 saturated heterocycles. The number of hydrogen-bond acceptors (Lipinski definition) is 4. The van der Waals surface area contributed by atoms with Crippen molar-refractivity contribution in [2.75, 3.05) is 38.2 Å². The van der Waals surface area contributed by atoms with E-state index in [0.717, 1.165) is 30.0 Å². The van der Waals surface area contributed by atoms with E-state index < -0.39 is 0 Å². The van der Waals surface area contributed by atoms with Crippen molar-refractivity contribution >= 4 is 5.69 Å². The minimum atomic E-state index is 0.650. The van der Waals surface area contributed by atoms with Crippen molar-refractivity contribution in [2.45, 2.75) is 31.7 Å². The number of hydrogen-bond donors (Lipinski definition) is 0. The normalized spacial score (nSPS) is 23.6. The predicted octanol–water partition coefficient (Wildman–Crippen LogP) is 3.82. The van der Waals surface area contributed by atoms with Crippen LogP contribution in [0.15, 0.2) is 42.7 Å². The van der Waals surface area contributed by atoms with E-state index in [1.54, 1.807) is 7.11 Å². The van der Waals surface area contributed by atoms with Crippen molar-refractivity contribution in [1.82, 2.24) is 9.88 Å². The number of methoxy groups -OCH3 is 1. The molecule has 0 spiro atoms. The molecule has 2 aromatic rings. The second-order valence-electron chi connectivity index (χ2n) is 7.11. The standard InChI is InChI=1S/C21H27N3O/c1-25-21-9-3-2-8-20(21)17-14-19(16-22-15-17)24-13-12-23-10-4-6-18(24)7-5-11-23/h2-3,8-9,14-16,18H,4-7,10-13H2,1H3. The zero-order valence-electron chi connectivity index (χ0n) is 15.0. The summed E-state index contributed by atoms with van der Waals surface area (Å²) >= 11 is 0. The molecule has 1 aromatic carbocycles. The third-order valence-electron chi connectivity index (χ3n) is 5.59. The lowest BCUT2D eigenvalue weighted by molar-refractivity contribution is 0.217. The summed E-state index contributed by atoms with van der Waals surface area (Å²) < 4.78 is 5.54. The van der Waals surface area contributed by atoms with Crippen LogP contribution in [0.3, 0.4) is 0 Å². The Kier molecular flexibility index (Phi) is 4.88. The number of pyridine rings is 1. The van der Waals surface area contributed by atoms with Crippen LogP contribution < -0.4 is 9.64 Å². The van der Waals surface area contributed by atoms with Gasteiger partial charge in [-0.3, -0.25) is 4.98 Å². The van der Waals surface area contributed by atoms with Crippen LogP contribution in [-0.2, 0) is 0 Å². The van der Waals surface area contributed by atoms with E-state index in [0.29, 0.717) is 6.04 Å². The Bertz CT molecular complexity index is 708. The lowest BCUT2D eigenvalue weighted by Gasteiger charge is -2.41. The zero-order valence-corrected chi connectivity index (χ0v) is 15.0. The summed E-state index contributed by atoms with van der Waals surface area (Å²) in [5.41, 5.74) is 3.48. The quantitative estimate of drug-likeness (QED) is 0.851. The van der Waals surface area contributed by atoms with Crippen molar-refractivity contribution in [3.8, 4) is 16.9 Å². The molecule has 0 atom stereocenters. The van der Waals surface area contributed by atoms with Crippen LogP contribution in [0.4, 0.5) is 5.69 Å². The highest BCUT2D eigenvalue weighted by Crippen LogP contribution is 2.33. The fourth-order valence-corrected chi connectivity index (χ4v) is 4.28. The molecule has 4 heterocycles. The third kappa shape index (κ3) is 3.49. The highest BCUT2D eigenvalue weighted by Gasteiger charge is 2.25. The number of benzene rings is 1. The number of rotatable bonds is 3. The lowest BCUT2D eigenvalue weighted by Crippen LogP contribution is -2.47. The molecule has 4 nitrogen and oxygen atoms in total. The Morgan fingerprint density at radius 3 is 2.60 bits per heavy atom. The Morgan fingerprint density at radius 1 is 1.00 bits per heavy atom. The molecule has 4 heteroatoms. The van der Waals surface area contributed by atoms with E-state index in [-0.39, 0.29) is 0 Å². The molecular weight excluding hydrogens is 310 g/mol. The zero-order chi connectivity index (χ0) is 17.1. The fourth-order valence-electron chi connectivity index (χ4n) is 4.28. The molecule has 132 valence electrons. The van der Waals surface area contributed by atoms with Gasteiger partial charge in [0.05, 0.1) is 19.0 Å². The number of ether oxygens (including phenoxy) is 1. The molecule has 1 aromatic heterocycles. The predicted molar refractivity (Wildman–Crippen MR) is 102 cm³/mol. The lowest BCUT2D eigenvalue weighted by atomic mass is 9.98. The first-order chi connectivity index (χ1) is 12.3. The number of fused-ring (bicyclic) bond motifs is 6. The van der Waals surface area contributed by atoms with E-state index in [2.05, 4.69) is 33.0 Å². The minimum Gasteiger partial charge on any atom is -0.496 e. The average Bonchev–Trinajstić information content (AvgIpc) is 2.60. The van der Waals surface area contributed by atoms with Crippen molar-refractivity contribution < 1.29 is 4.74 Å². The molecule has 2 bridgehead atoms. The molecule has 0 N–H and O–H groups in total. The van der Waals surface area contributed by atoms with Gasteiger partial charge in [0.15, 0.2) is 0 Å². The van der Waals surface area contributed by atoms with Gasteiger partial charge in [0, 0.05) is 36.5 Å². The van der Waals surface area contributed by atoms with Crippen LogP contribution in [0.25, 0.3) is 11.1 Å². The Hall–Kier alpha value is -2.07. The fraction of sp³-hybridized carbons (Fsp3) is 0.476. The topological polar surface area (TPSA) is 28.6 Å². The van der Waals surface area contributed by atoms with Crippen molar-refractivity contribution in [1.29, 1.82) is 0 Å². The minimum absolute atomic E-state index is 0.650. The second kappa shape index (κ2) is 7.44. The van der Waals surface area contributed by atoms with Gasteiger partial charge < -0.3 is 14.5 Å². The van der Waals surface area contributed by atoms with Gasteiger partial charge in [-0.2, -0.15) is 0 Å². The summed E-state index contributed by atoms with van der Waals surface area (Å²) in [5.74, 6) is 0.901. The number of nitrogens with zero attached hydrogens (tertiary/aromatic N) is 3. The van der Waals surface area contributed by atoms with Crippen LogP contribution in [0.1, 0.15) is 25.7 Å². The maximum absolute atomic E-state index is 5.54. The summed E-state index contributed by atoms with van der Waals surface area (Å²) in [7, 11) is 1.73. The second-order valence-corrected chi connectivity index (χ2v) is 7.11. The van der Waals surface area contributed by atoms with Gasteiger partial charge in [0.1, 0.15) is 5.75 Å². The van der Waals surface area contributed by atoms with Gasteiger partial charge in [-0.1, -0.05) is 18.2 Å². The summed E-state index contributed by atoms with van der Waals surface area (Å²) in [6.45, 7) is 4.80. The van der Waals surface area contributed by atoms with Gasteiger partial charge in [0.2, 0.25) is 0 Å².